The number of benzene rings is 2. The van der Waals surface area contributed by atoms with Gasteiger partial charge in [-0.15, -0.1) is 10.2 Å². The predicted octanol–water partition coefficient (Wildman–Crippen LogP) is 3.48. The Labute approximate surface area is 159 Å². The number of nitrogens with one attached hydrogen (secondary N) is 3. The van der Waals surface area contributed by atoms with Gasteiger partial charge in [-0.05, 0) is 42.5 Å². The molecule has 0 amide bonds. The lowest BCUT2D eigenvalue weighted by molar-refractivity contribution is 0.934. The summed E-state index contributed by atoms with van der Waals surface area (Å²) in [6.07, 6.45) is 0. The number of anilines is 2. The Kier molecular flexibility index (Phi) is 4.27. The van der Waals surface area contributed by atoms with E-state index in [0.29, 0.717) is 16.1 Å². The number of fused-ring (bicyclic) bond motifs is 3. The van der Waals surface area contributed by atoms with Crippen molar-refractivity contribution in [3.63, 3.8) is 0 Å². The first-order valence-corrected chi connectivity index (χ1v) is 8.57. The largest absolute Gasteiger partial charge is 0.331 e. The molecule has 4 aromatic rings. The Bertz CT molecular complexity index is 1110. The van der Waals surface area contributed by atoms with Crippen molar-refractivity contribution < 1.29 is 0 Å². The van der Waals surface area contributed by atoms with E-state index >= 15 is 0 Å². The second kappa shape index (κ2) is 6.74. The van der Waals surface area contributed by atoms with Crippen molar-refractivity contribution >= 4 is 62.6 Å². The molecule has 0 aliphatic carbocycles. The Morgan fingerprint density at radius 1 is 1.08 bits per heavy atom. The van der Waals surface area contributed by atoms with E-state index in [1.165, 1.54) is 0 Å². The van der Waals surface area contributed by atoms with Gasteiger partial charge >= 0.3 is 0 Å². The maximum atomic E-state index is 5.87. The number of hydrogen-bond acceptors (Lipinski definition) is 5. The Morgan fingerprint density at radius 3 is 2.65 bits per heavy atom. The van der Waals surface area contributed by atoms with Gasteiger partial charge in [0.2, 0.25) is 0 Å². The van der Waals surface area contributed by atoms with E-state index < -0.39 is 0 Å². The fourth-order valence-corrected chi connectivity index (χ4v) is 2.96. The topological polar surface area (TPSA) is 79.7 Å². The molecule has 0 unspecified atom stereocenters. The highest BCUT2D eigenvalue weighted by Gasteiger charge is 2.12. The van der Waals surface area contributed by atoms with E-state index in [1.54, 1.807) is 12.1 Å². The maximum Gasteiger partial charge on any atom is 0.263 e. The number of aromatic nitrogens is 4. The van der Waals surface area contributed by atoms with Crippen LogP contribution in [0.5, 0.6) is 0 Å². The van der Waals surface area contributed by atoms with Crippen molar-refractivity contribution in [3.8, 4) is 0 Å². The molecule has 0 saturated carbocycles. The van der Waals surface area contributed by atoms with Gasteiger partial charge in [0.05, 0.1) is 5.52 Å². The van der Waals surface area contributed by atoms with Gasteiger partial charge in [-0.2, -0.15) is 4.98 Å². The minimum absolute atomic E-state index is 0.323. The number of nitrogens with zero attached hydrogens (tertiary/aromatic N) is 4. The highest BCUT2D eigenvalue weighted by molar-refractivity contribution is 7.80. The molecule has 0 fully saturated rings. The lowest BCUT2D eigenvalue weighted by Crippen LogP contribution is -2.34. The zero-order valence-corrected chi connectivity index (χ0v) is 15.3. The number of hydrazine groups is 1. The van der Waals surface area contributed by atoms with Crippen molar-refractivity contribution in [2.45, 2.75) is 0 Å². The number of para-hydroxylation sites is 1. The van der Waals surface area contributed by atoms with Gasteiger partial charge < -0.3 is 9.88 Å². The summed E-state index contributed by atoms with van der Waals surface area (Å²) in [5, 5.41) is 13.5. The molecule has 4 rings (SSSR count). The van der Waals surface area contributed by atoms with Gasteiger partial charge in [-0.3, -0.25) is 10.9 Å². The maximum absolute atomic E-state index is 5.87. The lowest BCUT2D eigenvalue weighted by Gasteiger charge is -2.11. The molecule has 2 heterocycles. The van der Waals surface area contributed by atoms with Crippen molar-refractivity contribution in [1.82, 2.24) is 25.2 Å². The molecular weight excluding hydrogens is 370 g/mol. The van der Waals surface area contributed by atoms with E-state index in [-0.39, 0.29) is 0 Å². The number of rotatable bonds is 3. The molecule has 0 saturated heterocycles. The molecule has 2 aromatic heterocycles. The lowest BCUT2D eigenvalue weighted by atomic mass is 10.2. The summed E-state index contributed by atoms with van der Waals surface area (Å²) in [5.41, 5.74) is 9.07. The van der Waals surface area contributed by atoms with E-state index in [1.807, 2.05) is 48.0 Å². The quantitative estimate of drug-likeness (QED) is 0.369. The van der Waals surface area contributed by atoms with E-state index in [4.69, 9.17) is 23.8 Å². The standard InChI is InChI=1S/C17H14ClN7S/c1-25-13-5-3-2-4-12(13)14-15(25)20-16(22-21-14)23-24-17(26)19-11-8-6-10(18)7-9-11/h2-9H,1H3,(H2,19,24,26)(H,20,22,23). The summed E-state index contributed by atoms with van der Waals surface area (Å²) in [6.45, 7) is 0. The molecule has 0 aliphatic rings. The zero-order chi connectivity index (χ0) is 18.1. The van der Waals surface area contributed by atoms with Gasteiger partial charge in [0.15, 0.2) is 10.8 Å². The number of hydrogen-bond donors (Lipinski definition) is 3. The number of aryl methyl sites for hydroxylation is 1. The van der Waals surface area contributed by atoms with E-state index in [2.05, 4.69) is 31.3 Å². The van der Waals surface area contributed by atoms with Crippen molar-refractivity contribution in [2.24, 2.45) is 7.05 Å². The molecule has 7 nitrogen and oxygen atoms in total. The summed E-state index contributed by atoms with van der Waals surface area (Å²) in [7, 11) is 1.95. The highest BCUT2D eigenvalue weighted by atomic mass is 35.5. The van der Waals surface area contributed by atoms with E-state index in [9.17, 15) is 0 Å². The van der Waals surface area contributed by atoms with Crippen LogP contribution in [0.1, 0.15) is 0 Å². The smallest absolute Gasteiger partial charge is 0.263 e. The minimum atomic E-state index is 0.323. The predicted molar refractivity (Wildman–Crippen MR) is 108 cm³/mol. The van der Waals surface area contributed by atoms with Crippen LogP contribution in [0.4, 0.5) is 11.6 Å². The van der Waals surface area contributed by atoms with Crippen LogP contribution in [0.3, 0.4) is 0 Å². The van der Waals surface area contributed by atoms with Crippen LogP contribution in [0.25, 0.3) is 22.1 Å². The van der Waals surface area contributed by atoms with Crippen molar-refractivity contribution in [1.29, 1.82) is 0 Å². The van der Waals surface area contributed by atoms with E-state index in [0.717, 1.165) is 27.8 Å². The highest BCUT2D eigenvalue weighted by Crippen LogP contribution is 2.24. The number of thiocarbonyl (C=S) groups is 1. The average molecular weight is 384 g/mol. The van der Waals surface area contributed by atoms with Gasteiger partial charge in [0.1, 0.15) is 5.52 Å². The average Bonchev–Trinajstić information content (AvgIpc) is 2.94. The summed E-state index contributed by atoms with van der Waals surface area (Å²) in [5.74, 6) is 0.323. The van der Waals surface area contributed by atoms with Crippen LogP contribution in [0.2, 0.25) is 5.02 Å². The van der Waals surface area contributed by atoms with Crippen molar-refractivity contribution in [2.75, 3.05) is 10.7 Å². The molecule has 3 N–H and O–H groups in total. The monoisotopic (exact) mass is 383 g/mol. The first-order valence-electron chi connectivity index (χ1n) is 7.78. The summed E-state index contributed by atoms with van der Waals surface area (Å²) in [6, 6.07) is 15.2. The second-order valence-corrected chi connectivity index (χ2v) is 6.44. The van der Waals surface area contributed by atoms with Gasteiger partial charge in [-0.25, -0.2) is 0 Å². The Balaban J connectivity index is 1.50. The number of halogens is 1. The molecule has 0 radical (unpaired) electrons. The molecule has 26 heavy (non-hydrogen) atoms. The Morgan fingerprint density at radius 2 is 1.85 bits per heavy atom. The molecular formula is C17H14ClN7S. The van der Waals surface area contributed by atoms with Crippen LogP contribution in [-0.2, 0) is 7.05 Å². The first-order chi connectivity index (χ1) is 12.6. The molecule has 2 aromatic carbocycles. The summed E-state index contributed by atoms with van der Waals surface area (Å²) in [4.78, 5) is 4.51. The van der Waals surface area contributed by atoms with Crippen LogP contribution < -0.4 is 16.2 Å². The zero-order valence-electron chi connectivity index (χ0n) is 13.7. The molecule has 0 aliphatic heterocycles. The minimum Gasteiger partial charge on any atom is -0.331 e. The first kappa shape index (κ1) is 16.5. The molecule has 0 bridgehead atoms. The third-order valence-electron chi connectivity index (χ3n) is 3.90. The van der Waals surface area contributed by atoms with Crippen molar-refractivity contribution in [3.05, 3.63) is 53.6 Å². The van der Waals surface area contributed by atoms with Crippen LogP contribution in [0, 0.1) is 0 Å². The van der Waals surface area contributed by atoms with Gasteiger partial charge in [-0.1, -0.05) is 29.8 Å². The third-order valence-corrected chi connectivity index (χ3v) is 4.35. The molecule has 0 spiro atoms. The third kappa shape index (κ3) is 3.12. The SMILES string of the molecule is Cn1c2ccccc2c2nnc(NNC(=S)Nc3ccc(Cl)cc3)nc21. The Hall–Kier alpha value is -2.97. The van der Waals surface area contributed by atoms with Crippen LogP contribution >= 0.6 is 23.8 Å². The van der Waals surface area contributed by atoms with Gasteiger partial charge in [0.25, 0.3) is 5.95 Å². The normalized spacial score (nSPS) is 10.8. The van der Waals surface area contributed by atoms with Crippen LogP contribution in [-0.4, -0.2) is 24.9 Å². The molecule has 130 valence electrons. The molecule has 0 atom stereocenters. The fraction of sp³-hybridized carbons (Fsp3) is 0.0588. The fourth-order valence-electron chi connectivity index (χ4n) is 2.67. The summed E-state index contributed by atoms with van der Waals surface area (Å²) >= 11 is 11.1. The molecule has 9 heteroatoms. The summed E-state index contributed by atoms with van der Waals surface area (Å²) < 4.78 is 1.98. The van der Waals surface area contributed by atoms with Gasteiger partial charge in [0, 0.05) is 23.1 Å². The second-order valence-electron chi connectivity index (χ2n) is 5.59. The van der Waals surface area contributed by atoms with Crippen LogP contribution in [0.15, 0.2) is 48.5 Å².